The van der Waals surface area contributed by atoms with Crippen molar-refractivity contribution in [3.8, 4) is 0 Å². The second-order valence-electron chi connectivity index (χ2n) is 5.83. The first-order valence-corrected chi connectivity index (χ1v) is 7.50. The Kier molecular flexibility index (Phi) is 4.23. The maximum atomic E-state index is 12.6. The fourth-order valence-corrected chi connectivity index (χ4v) is 2.60. The van der Waals surface area contributed by atoms with E-state index < -0.39 is 17.8 Å². The molecule has 2 aromatic rings. The van der Waals surface area contributed by atoms with Gasteiger partial charge in [0.1, 0.15) is 6.54 Å². The van der Waals surface area contributed by atoms with Gasteiger partial charge in [-0.15, -0.1) is 0 Å². The van der Waals surface area contributed by atoms with Gasteiger partial charge in [-0.2, -0.15) is 18.3 Å². The summed E-state index contributed by atoms with van der Waals surface area (Å²) >= 11 is 0. The highest BCUT2D eigenvalue weighted by atomic mass is 19.4. The highest BCUT2D eigenvalue weighted by Gasteiger charge is 2.36. The molecule has 0 bridgehead atoms. The predicted molar refractivity (Wildman–Crippen MR) is 81.1 cm³/mol. The van der Waals surface area contributed by atoms with Crippen molar-refractivity contribution in [2.75, 3.05) is 6.54 Å². The zero-order chi connectivity index (χ0) is 18.2. The molecule has 1 aromatic carbocycles. The number of alkyl halides is 3. The topological polar surface area (TPSA) is 69.3 Å². The van der Waals surface area contributed by atoms with Gasteiger partial charge in [0.05, 0.1) is 18.3 Å². The number of H-pyrrole nitrogens is 1. The van der Waals surface area contributed by atoms with Crippen LogP contribution >= 0.6 is 0 Å². The number of benzene rings is 1. The van der Waals surface area contributed by atoms with Crippen molar-refractivity contribution in [2.24, 2.45) is 0 Å². The molecule has 1 N–H and O–H groups in total. The van der Waals surface area contributed by atoms with Crippen molar-refractivity contribution in [3.63, 3.8) is 0 Å². The number of urea groups is 1. The van der Waals surface area contributed by atoms with Crippen LogP contribution in [0.2, 0.25) is 0 Å². The minimum absolute atomic E-state index is 0.0730. The highest BCUT2D eigenvalue weighted by molar-refractivity contribution is 6.01. The Hall–Kier alpha value is -2.84. The normalized spacial score (nSPS) is 15.4. The molecule has 1 fully saturated rings. The Morgan fingerprint density at radius 2 is 1.84 bits per heavy atom. The van der Waals surface area contributed by atoms with Crippen LogP contribution in [0.3, 0.4) is 0 Å². The summed E-state index contributed by atoms with van der Waals surface area (Å²) in [5.41, 5.74) is 1.27. The van der Waals surface area contributed by atoms with Gasteiger partial charge in [-0.05, 0) is 24.6 Å². The SMILES string of the molecule is Cc1[nH]ncc1CN1C(=O)CN(Cc2ccc(C(F)(F)F)cc2)C1=O. The first kappa shape index (κ1) is 17.0. The van der Waals surface area contributed by atoms with Gasteiger partial charge in [0.25, 0.3) is 5.91 Å². The fourth-order valence-electron chi connectivity index (χ4n) is 2.60. The van der Waals surface area contributed by atoms with Crippen LogP contribution < -0.4 is 0 Å². The van der Waals surface area contributed by atoms with Gasteiger partial charge in [-0.25, -0.2) is 4.79 Å². The molecular weight excluding hydrogens is 337 g/mol. The largest absolute Gasteiger partial charge is 0.416 e. The van der Waals surface area contributed by atoms with E-state index in [1.54, 1.807) is 13.1 Å². The number of nitrogens with one attached hydrogen (secondary N) is 1. The molecule has 132 valence electrons. The van der Waals surface area contributed by atoms with Crippen LogP contribution in [0.5, 0.6) is 0 Å². The van der Waals surface area contributed by atoms with E-state index in [9.17, 15) is 22.8 Å². The van der Waals surface area contributed by atoms with Crippen LogP contribution in [0.1, 0.15) is 22.4 Å². The van der Waals surface area contributed by atoms with Crippen molar-refractivity contribution in [3.05, 3.63) is 52.8 Å². The number of halogens is 3. The number of rotatable bonds is 4. The fraction of sp³-hybridized carbons (Fsp3) is 0.312. The number of aryl methyl sites for hydroxylation is 1. The molecule has 6 nitrogen and oxygen atoms in total. The van der Waals surface area contributed by atoms with E-state index in [1.807, 2.05) is 0 Å². The molecule has 0 unspecified atom stereocenters. The summed E-state index contributed by atoms with van der Waals surface area (Å²) in [6, 6.07) is 4.08. The monoisotopic (exact) mass is 352 g/mol. The lowest BCUT2D eigenvalue weighted by atomic mass is 10.1. The van der Waals surface area contributed by atoms with Crippen molar-refractivity contribution >= 4 is 11.9 Å². The van der Waals surface area contributed by atoms with E-state index in [2.05, 4.69) is 10.2 Å². The van der Waals surface area contributed by atoms with Gasteiger partial charge >= 0.3 is 12.2 Å². The molecule has 0 radical (unpaired) electrons. The molecule has 1 saturated heterocycles. The van der Waals surface area contributed by atoms with E-state index in [1.165, 1.54) is 17.0 Å². The number of hydrogen-bond donors (Lipinski definition) is 1. The van der Waals surface area contributed by atoms with Gasteiger partial charge in [-0.1, -0.05) is 12.1 Å². The number of carbonyl (C=O) groups excluding carboxylic acids is 2. The first-order valence-electron chi connectivity index (χ1n) is 7.50. The van der Waals surface area contributed by atoms with Gasteiger partial charge in [0.2, 0.25) is 0 Å². The zero-order valence-electron chi connectivity index (χ0n) is 13.3. The Balaban J connectivity index is 1.69. The number of amides is 3. The average molecular weight is 352 g/mol. The van der Waals surface area contributed by atoms with Crippen molar-refractivity contribution in [1.29, 1.82) is 0 Å². The number of hydrogen-bond acceptors (Lipinski definition) is 3. The minimum Gasteiger partial charge on any atom is -0.311 e. The second-order valence-corrected chi connectivity index (χ2v) is 5.83. The third-order valence-electron chi connectivity index (χ3n) is 4.05. The molecular formula is C16H15F3N4O2. The van der Waals surface area contributed by atoms with E-state index in [4.69, 9.17) is 0 Å². The van der Waals surface area contributed by atoms with Crippen LogP contribution in [0.25, 0.3) is 0 Å². The Bertz CT molecular complexity index is 798. The number of carbonyl (C=O) groups is 2. The van der Waals surface area contributed by atoms with Crippen LogP contribution in [0.15, 0.2) is 30.5 Å². The molecule has 0 aliphatic carbocycles. The number of aromatic amines is 1. The first-order chi connectivity index (χ1) is 11.8. The zero-order valence-corrected chi connectivity index (χ0v) is 13.3. The third kappa shape index (κ3) is 3.49. The second kappa shape index (κ2) is 6.23. The van der Waals surface area contributed by atoms with Crippen LogP contribution in [-0.4, -0.2) is 38.5 Å². The highest BCUT2D eigenvalue weighted by Crippen LogP contribution is 2.29. The smallest absolute Gasteiger partial charge is 0.311 e. The standard InChI is InChI=1S/C16H15F3N4O2/c1-10-12(6-20-21-10)8-23-14(24)9-22(15(23)25)7-11-2-4-13(5-3-11)16(17,18)19/h2-6H,7-9H2,1H3,(H,20,21). The Morgan fingerprint density at radius 1 is 1.16 bits per heavy atom. The molecule has 2 heterocycles. The van der Waals surface area contributed by atoms with Crippen LogP contribution in [-0.2, 0) is 24.1 Å². The molecule has 0 saturated carbocycles. The number of nitrogens with zero attached hydrogens (tertiary/aromatic N) is 3. The Morgan fingerprint density at radius 3 is 2.40 bits per heavy atom. The molecule has 3 rings (SSSR count). The lowest BCUT2D eigenvalue weighted by Gasteiger charge is -2.17. The third-order valence-corrected chi connectivity index (χ3v) is 4.05. The molecule has 1 aromatic heterocycles. The molecule has 1 aliphatic rings. The molecule has 0 atom stereocenters. The maximum absolute atomic E-state index is 12.6. The van der Waals surface area contributed by atoms with E-state index in [0.29, 0.717) is 5.56 Å². The number of imide groups is 1. The van der Waals surface area contributed by atoms with E-state index in [0.717, 1.165) is 28.3 Å². The quantitative estimate of drug-likeness (QED) is 0.860. The summed E-state index contributed by atoms with van der Waals surface area (Å²) in [6.45, 7) is 1.87. The molecule has 9 heteroatoms. The molecule has 3 amide bonds. The summed E-state index contributed by atoms with van der Waals surface area (Å²) < 4.78 is 37.7. The minimum atomic E-state index is -4.41. The molecule has 0 spiro atoms. The van der Waals surface area contributed by atoms with Gasteiger partial charge < -0.3 is 4.90 Å². The Labute approximate surface area is 141 Å². The van der Waals surface area contributed by atoms with Gasteiger partial charge in [0.15, 0.2) is 0 Å². The van der Waals surface area contributed by atoms with Crippen molar-refractivity contribution in [1.82, 2.24) is 20.0 Å². The summed E-state index contributed by atoms with van der Waals surface area (Å²) in [6.07, 6.45) is -2.86. The van der Waals surface area contributed by atoms with Gasteiger partial charge in [0, 0.05) is 17.8 Å². The van der Waals surface area contributed by atoms with Crippen LogP contribution in [0.4, 0.5) is 18.0 Å². The van der Waals surface area contributed by atoms with Crippen LogP contribution in [0, 0.1) is 6.92 Å². The lowest BCUT2D eigenvalue weighted by Crippen LogP contribution is -2.32. The summed E-state index contributed by atoms with van der Waals surface area (Å²) in [5, 5.41) is 6.58. The lowest BCUT2D eigenvalue weighted by molar-refractivity contribution is -0.137. The van der Waals surface area contributed by atoms with E-state index >= 15 is 0 Å². The van der Waals surface area contributed by atoms with Crippen molar-refractivity contribution < 1.29 is 22.8 Å². The summed E-state index contributed by atoms with van der Waals surface area (Å²) in [5.74, 6) is -0.350. The van der Waals surface area contributed by atoms with Gasteiger partial charge in [-0.3, -0.25) is 14.8 Å². The van der Waals surface area contributed by atoms with Crippen molar-refractivity contribution in [2.45, 2.75) is 26.2 Å². The summed E-state index contributed by atoms with van der Waals surface area (Å²) in [4.78, 5) is 26.9. The average Bonchev–Trinajstić information content (AvgIpc) is 3.06. The van der Waals surface area contributed by atoms with E-state index in [-0.39, 0.29) is 25.5 Å². The molecule has 25 heavy (non-hydrogen) atoms. The maximum Gasteiger partial charge on any atom is 0.416 e. The molecule has 1 aliphatic heterocycles. The predicted octanol–water partition coefficient (Wildman–Crippen LogP) is 2.70. The number of aromatic nitrogens is 2. The summed E-state index contributed by atoms with van der Waals surface area (Å²) in [7, 11) is 0.